The number of nitrogens with zero attached hydrogens (tertiary/aromatic N) is 2. The van der Waals surface area contributed by atoms with E-state index in [1.165, 1.54) is 0 Å². The van der Waals surface area contributed by atoms with Gasteiger partial charge in [0.05, 0.1) is 4.90 Å². The lowest BCUT2D eigenvalue weighted by atomic mass is 9.97. The molecule has 1 fully saturated rings. The molecule has 5 nitrogen and oxygen atoms in total. The highest BCUT2D eigenvalue weighted by molar-refractivity contribution is 7.89. The van der Waals surface area contributed by atoms with Gasteiger partial charge in [-0.3, -0.25) is 4.79 Å². The van der Waals surface area contributed by atoms with Crippen molar-refractivity contribution in [1.29, 1.82) is 0 Å². The van der Waals surface area contributed by atoms with Crippen molar-refractivity contribution in [3.8, 4) is 0 Å². The Bertz CT molecular complexity index is 737. The number of aryl methyl sites for hydroxylation is 2. The van der Waals surface area contributed by atoms with E-state index in [-0.39, 0.29) is 11.8 Å². The number of carbonyl (C=O) groups is 1. The lowest BCUT2D eigenvalue weighted by Gasteiger charge is -2.33. The number of hydrogen-bond acceptors (Lipinski definition) is 3. The highest BCUT2D eigenvalue weighted by Gasteiger charge is 2.34. The van der Waals surface area contributed by atoms with E-state index in [0.29, 0.717) is 37.4 Å². The summed E-state index contributed by atoms with van der Waals surface area (Å²) in [4.78, 5) is 14.5. The molecule has 0 spiro atoms. The lowest BCUT2D eigenvalue weighted by molar-refractivity contribution is -0.135. The minimum atomic E-state index is -3.53. The first kappa shape index (κ1) is 19.9. The SMILES string of the molecule is CCN(C)C(=O)C1CCN(S(=O)(=O)c2c(C)c(C)cc(C)c2C)CC1. The predicted molar refractivity (Wildman–Crippen MR) is 100 cm³/mol. The van der Waals surface area contributed by atoms with Gasteiger partial charge in [0.15, 0.2) is 0 Å². The number of carbonyl (C=O) groups excluding carboxylic acids is 1. The maximum absolute atomic E-state index is 13.2. The zero-order valence-electron chi connectivity index (χ0n) is 16.2. The van der Waals surface area contributed by atoms with Crippen molar-refractivity contribution in [3.63, 3.8) is 0 Å². The summed E-state index contributed by atoms with van der Waals surface area (Å²) >= 11 is 0. The molecule has 1 aromatic carbocycles. The fourth-order valence-corrected chi connectivity index (χ4v) is 5.55. The van der Waals surface area contributed by atoms with E-state index in [1.807, 2.05) is 40.7 Å². The molecular formula is C19H30N2O3S. The van der Waals surface area contributed by atoms with Crippen molar-refractivity contribution in [2.24, 2.45) is 5.92 Å². The van der Waals surface area contributed by atoms with Crippen molar-refractivity contribution in [3.05, 3.63) is 28.3 Å². The zero-order chi connectivity index (χ0) is 18.9. The maximum atomic E-state index is 13.2. The molecule has 1 aliphatic rings. The Labute approximate surface area is 152 Å². The lowest BCUT2D eigenvalue weighted by Crippen LogP contribution is -2.43. The van der Waals surface area contributed by atoms with Crippen LogP contribution in [0.5, 0.6) is 0 Å². The Kier molecular flexibility index (Phi) is 5.94. The van der Waals surface area contributed by atoms with Gasteiger partial charge in [-0.2, -0.15) is 4.31 Å². The van der Waals surface area contributed by atoms with Gasteiger partial charge in [-0.05, 0) is 69.7 Å². The molecule has 1 heterocycles. The summed E-state index contributed by atoms with van der Waals surface area (Å²) in [7, 11) is -1.74. The van der Waals surface area contributed by atoms with Crippen LogP contribution in [0, 0.1) is 33.6 Å². The van der Waals surface area contributed by atoms with Crippen molar-refractivity contribution in [2.75, 3.05) is 26.7 Å². The van der Waals surface area contributed by atoms with Crippen LogP contribution in [0.2, 0.25) is 0 Å². The first-order valence-corrected chi connectivity index (χ1v) is 10.4. The fourth-order valence-electron chi connectivity index (χ4n) is 3.51. The molecule has 1 saturated heterocycles. The number of hydrogen-bond donors (Lipinski definition) is 0. The van der Waals surface area contributed by atoms with Gasteiger partial charge in [0.2, 0.25) is 15.9 Å². The molecule has 140 valence electrons. The Balaban J connectivity index is 2.25. The van der Waals surface area contributed by atoms with Crippen LogP contribution in [0.1, 0.15) is 42.0 Å². The molecule has 0 N–H and O–H groups in total. The Morgan fingerprint density at radius 2 is 1.60 bits per heavy atom. The second-order valence-corrected chi connectivity index (χ2v) is 9.00. The number of sulfonamides is 1. The molecule has 25 heavy (non-hydrogen) atoms. The molecule has 1 aromatic rings. The van der Waals surface area contributed by atoms with Crippen molar-refractivity contribution in [1.82, 2.24) is 9.21 Å². The third kappa shape index (κ3) is 3.75. The van der Waals surface area contributed by atoms with Gasteiger partial charge >= 0.3 is 0 Å². The monoisotopic (exact) mass is 366 g/mol. The van der Waals surface area contributed by atoms with Gasteiger partial charge < -0.3 is 4.90 Å². The van der Waals surface area contributed by atoms with Crippen molar-refractivity contribution in [2.45, 2.75) is 52.4 Å². The summed E-state index contributed by atoms with van der Waals surface area (Å²) in [6, 6.07) is 2.04. The Hall–Kier alpha value is -1.40. The van der Waals surface area contributed by atoms with Gasteiger partial charge in [-0.1, -0.05) is 6.07 Å². The average molecular weight is 367 g/mol. The molecule has 1 aliphatic heterocycles. The summed E-state index contributed by atoms with van der Waals surface area (Å²) in [6.07, 6.45) is 1.18. The highest BCUT2D eigenvalue weighted by atomic mass is 32.2. The molecule has 0 atom stereocenters. The largest absolute Gasteiger partial charge is 0.346 e. The third-order valence-corrected chi connectivity index (χ3v) is 7.72. The van der Waals surface area contributed by atoms with Gasteiger partial charge in [-0.15, -0.1) is 0 Å². The third-order valence-electron chi connectivity index (χ3n) is 5.55. The van der Waals surface area contributed by atoms with Crippen LogP contribution in [-0.4, -0.2) is 50.2 Å². The first-order valence-electron chi connectivity index (χ1n) is 8.93. The molecule has 1 amide bonds. The van der Waals surface area contributed by atoms with Crippen LogP contribution < -0.4 is 0 Å². The molecule has 0 unspecified atom stereocenters. The molecular weight excluding hydrogens is 336 g/mol. The summed E-state index contributed by atoms with van der Waals surface area (Å²) in [5, 5.41) is 0. The smallest absolute Gasteiger partial charge is 0.243 e. The van der Waals surface area contributed by atoms with Gasteiger partial charge in [0, 0.05) is 32.6 Å². The maximum Gasteiger partial charge on any atom is 0.243 e. The number of rotatable bonds is 4. The van der Waals surface area contributed by atoms with Gasteiger partial charge in [0.1, 0.15) is 0 Å². The molecule has 0 aromatic heterocycles. The summed E-state index contributed by atoms with van der Waals surface area (Å²) in [6.45, 7) is 11.1. The number of benzene rings is 1. The fraction of sp³-hybridized carbons (Fsp3) is 0.632. The minimum Gasteiger partial charge on any atom is -0.346 e. The second-order valence-electron chi connectivity index (χ2n) is 7.12. The van der Waals surface area contributed by atoms with E-state index in [0.717, 1.165) is 22.3 Å². The quantitative estimate of drug-likeness (QED) is 0.823. The van der Waals surface area contributed by atoms with Crippen LogP contribution in [-0.2, 0) is 14.8 Å². The van der Waals surface area contributed by atoms with Crippen LogP contribution in [0.3, 0.4) is 0 Å². The van der Waals surface area contributed by atoms with E-state index in [9.17, 15) is 13.2 Å². The summed E-state index contributed by atoms with van der Waals surface area (Å²) in [5.74, 6) is 0.0520. The van der Waals surface area contributed by atoms with E-state index < -0.39 is 10.0 Å². The zero-order valence-corrected chi connectivity index (χ0v) is 17.0. The van der Waals surface area contributed by atoms with Gasteiger partial charge in [-0.25, -0.2) is 8.42 Å². The first-order chi connectivity index (χ1) is 11.6. The van der Waals surface area contributed by atoms with Crippen LogP contribution in [0.4, 0.5) is 0 Å². The topological polar surface area (TPSA) is 57.7 Å². The molecule has 2 rings (SSSR count). The Morgan fingerprint density at radius 1 is 1.12 bits per heavy atom. The standard InChI is InChI=1S/C19H30N2O3S/c1-7-20(6)19(22)17-8-10-21(11-9-17)25(23,24)18-15(4)13(2)12-14(3)16(18)5/h12,17H,7-11H2,1-6H3. The van der Waals surface area contributed by atoms with Crippen molar-refractivity contribution < 1.29 is 13.2 Å². The van der Waals surface area contributed by atoms with E-state index in [1.54, 1.807) is 16.3 Å². The molecule has 6 heteroatoms. The molecule has 0 saturated carbocycles. The molecule has 0 radical (unpaired) electrons. The number of piperidine rings is 1. The van der Waals surface area contributed by atoms with E-state index in [2.05, 4.69) is 0 Å². The van der Waals surface area contributed by atoms with Gasteiger partial charge in [0.25, 0.3) is 0 Å². The van der Waals surface area contributed by atoms with Crippen LogP contribution >= 0.6 is 0 Å². The second kappa shape index (κ2) is 7.46. The normalized spacial score (nSPS) is 16.9. The predicted octanol–water partition coefficient (Wildman–Crippen LogP) is 2.80. The minimum absolute atomic E-state index is 0.0714. The van der Waals surface area contributed by atoms with Crippen LogP contribution in [0.15, 0.2) is 11.0 Å². The van der Waals surface area contributed by atoms with E-state index >= 15 is 0 Å². The van der Waals surface area contributed by atoms with E-state index in [4.69, 9.17) is 0 Å². The molecule has 0 bridgehead atoms. The summed E-state index contributed by atoms with van der Waals surface area (Å²) < 4.78 is 28.0. The average Bonchev–Trinajstić information content (AvgIpc) is 2.58. The highest BCUT2D eigenvalue weighted by Crippen LogP contribution is 2.31. The van der Waals surface area contributed by atoms with Crippen molar-refractivity contribution >= 4 is 15.9 Å². The molecule has 0 aliphatic carbocycles. The van der Waals surface area contributed by atoms with Crippen LogP contribution in [0.25, 0.3) is 0 Å². The Morgan fingerprint density at radius 3 is 2.04 bits per heavy atom. The summed E-state index contributed by atoms with van der Waals surface area (Å²) in [5.41, 5.74) is 3.65. The number of amides is 1.